The molecule has 1 amide bonds. The van der Waals surface area contributed by atoms with Gasteiger partial charge in [-0.2, -0.15) is 5.10 Å². The monoisotopic (exact) mass is 338 g/mol. The fraction of sp³-hybridized carbons (Fsp3) is 0.222. The summed E-state index contributed by atoms with van der Waals surface area (Å²) in [7, 11) is 1.63. The van der Waals surface area contributed by atoms with E-state index in [0.29, 0.717) is 18.8 Å². The van der Waals surface area contributed by atoms with Gasteiger partial charge in [-0.25, -0.2) is 4.68 Å². The minimum absolute atomic E-state index is 0.122. The molecular formula is C18H18N4O3. The molecule has 2 aromatic heterocycles. The zero-order valence-electron chi connectivity index (χ0n) is 13.7. The van der Waals surface area contributed by atoms with Gasteiger partial charge in [-0.1, -0.05) is 0 Å². The third-order valence-corrected chi connectivity index (χ3v) is 4.20. The number of nitrogens with zero attached hydrogens (tertiary/aromatic N) is 2. The maximum Gasteiger partial charge on any atom is 0.269 e. The molecule has 4 rings (SSSR count). The molecule has 7 nitrogen and oxygen atoms in total. The molecule has 0 spiro atoms. The molecule has 128 valence electrons. The highest BCUT2D eigenvalue weighted by Gasteiger charge is 2.27. The molecule has 7 heteroatoms. The van der Waals surface area contributed by atoms with Crippen molar-refractivity contribution in [3.63, 3.8) is 0 Å². The van der Waals surface area contributed by atoms with E-state index >= 15 is 0 Å². The lowest BCUT2D eigenvalue weighted by Gasteiger charge is -2.25. The first kappa shape index (κ1) is 15.5. The van der Waals surface area contributed by atoms with Crippen LogP contribution in [0.4, 0.5) is 0 Å². The zero-order chi connectivity index (χ0) is 17.2. The van der Waals surface area contributed by atoms with Crippen molar-refractivity contribution < 1.29 is 13.9 Å². The summed E-state index contributed by atoms with van der Waals surface area (Å²) in [5.41, 5.74) is 2.22. The Bertz CT molecular complexity index is 868. The van der Waals surface area contributed by atoms with E-state index in [9.17, 15) is 4.79 Å². The second kappa shape index (κ2) is 6.45. The molecule has 0 fully saturated rings. The van der Waals surface area contributed by atoms with Crippen LogP contribution in [0.5, 0.6) is 5.75 Å². The van der Waals surface area contributed by atoms with Crippen LogP contribution in [0.3, 0.4) is 0 Å². The summed E-state index contributed by atoms with van der Waals surface area (Å²) in [4.78, 5) is 12.2. The molecule has 1 unspecified atom stereocenters. The van der Waals surface area contributed by atoms with Crippen molar-refractivity contribution in [2.75, 3.05) is 13.7 Å². The SMILES string of the molecule is COc1ccc(-c2cc3n(n2)C(NCc2ccco2)CNC3=O)cc1. The third-order valence-electron chi connectivity index (χ3n) is 4.20. The standard InChI is InChI=1S/C18H18N4O3/c1-24-13-6-4-12(5-7-13)15-9-16-18(23)20-11-17(22(16)21-15)19-10-14-3-2-8-25-14/h2-9,17,19H,10-11H2,1H3,(H,20,23). The number of amides is 1. The lowest BCUT2D eigenvalue weighted by molar-refractivity contribution is 0.0899. The maximum absolute atomic E-state index is 12.2. The Hall–Kier alpha value is -3.06. The van der Waals surface area contributed by atoms with Crippen LogP contribution in [-0.2, 0) is 6.54 Å². The quantitative estimate of drug-likeness (QED) is 0.745. The zero-order valence-corrected chi connectivity index (χ0v) is 13.7. The minimum Gasteiger partial charge on any atom is -0.497 e. The van der Waals surface area contributed by atoms with Crippen molar-refractivity contribution >= 4 is 5.91 Å². The van der Waals surface area contributed by atoms with Crippen molar-refractivity contribution in [2.24, 2.45) is 0 Å². The first-order valence-corrected chi connectivity index (χ1v) is 8.02. The van der Waals surface area contributed by atoms with Gasteiger partial charge in [-0.05, 0) is 42.5 Å². The van der Waals surface area contributed by atoms with Gasteiger partial charge in [-0.3, -0.25) is 10.1 Å². The first-order valence-electron chi connectivity index (χ1n) is 8.02. The van der Waals surface area contributed by atoms with Crippen molar-refractivity contribution in [1.82, 2.24) is 20.4 Å². The van der Waals surface area contributed by atoms with Crippen LogP contribution in [0.2, 0.25) is 0 Å². The molecule has 3 aromatic rings. The van der Waals surface area contributed by atoms with Gasteiger partial charge >= 0.3 is 0 Å². The van der Waals surface area contributed by atoms with Gasteiger partial charge < -0.3 is 14.5 Å². The highest BCUT2D eigenvalue weighted by Crippen LogP contribution is 2.24. The van der Waals surface area contributed by atoms with E-state index in [-0.39, 0.29) is 12.1 Å². The van der Waals surface area contributed by atoms with Gasteiger partial charge in [-0.15, -0.1) is 0 Å². The number of carbonyl (C=O) groups excluding carboxylic acids is 1. The number of rotatable bonds is 5. The largest absolute Gasteiger partial charge is 0.497 e. The molecule has 0 aliphatic carbocycles. The second-order valence-electron chi connectivity index (χ2n) is 5.77. The fourth-order valence-corrected chi connectivity index (χ4v) is 2.86. The molecule has 3 heterocycles. The van der Waals surface area contributed by atoms with E-state index in [1.165, 1.54) is 0 Å². The summed E-state index contributed by atoms with van der Waals surface area (Å²) in [5, 5.41) is 10.9. The number of fused-ring (bicyclic) bond motifs is 1. The Morgan fingerprint density at radius 3 is 2.92 bits per heavy atom. The summed E-state index contributed by atoms with van der Waals surface area (Å²) in [6.45, 7) is 1.03. The van der Waals surface area contributed by atoms with Gasteiger partial charge in [0.2, 0.25) is 0 Å². The predicted octanol–water partition coefficient (Wildman–Crippen LogP) is 2.18. The van der Waals surface area contributed by atoms with Gasteiger partial charge in [0.25, 0.3) is 5.91 Å². The molecule has 0 saturated carbocycles. The Morgan fingerprint density at radius 1 is 1.36 bits per heavy atom. The first-order chi connectivity index (χ1) is 12.2. The minimum atomic E-state index is -0.134. The summed E-state index contributed by atoms with van der Waals surface area (Å²) >= 11 is 0. The van der Waals surface area contributed by atoms with E-state index in [4.69, 9.17) is 9.15 Å². The molecule has 1 atom stereocenters. The molecule has 0 bridgehead atoms. The Balaban J connectivity index is 1.60. The average molecular weight is 338 g/mol. The number of furan rings is 1. The van der Waals surface area contributed by atoms with Crippen molar-refractivity contribution in [1.29, 1.82) is 0 Å². The predicted molar refractivity (Wildman–Crippen MR) is 91.1 cm³/mol. The van der Waals surface area contributed by atoms with Gasteiger partial charge in [0.1, 0.15) is 23.4 Å². The van der Waals surface area contributed by atoms with Crippen LogP contribution in [-0.4, -0.2) is 29.3 Å². The van der Waals surface area contributed by atoms with Gasteiger partial charge in [0.15, 0.2) is 0 Å². The van der Waals surface area contributed by atoms with Crippen molar-refractivity contribution in [3.8, 4) is 17.0 Å². The van der Waals surface area contributed by atoms with Crippen LogP contribution < -0.4 is 15.4 Å². The lowest BCUT2D eigenvalue weighted by atomic mass is 10.1. The normalized spacial score (nSPS) is 16.4. The van der Waals surface area contributed by atoms with Crippen LogP contribution in [0, 0.1) is 0 Å². The Kier molecular flexibility index (Phi) is 3.99. The molecule has 1 aliphatic rings. The number of benzene rings is 1. The van der Waals surface area contributed by atoms with Crippen molar-refractivity contribution in [2.45, 2.75) is 12.7 Å². The van der Waals surface area contributed by atoms with Gasteiger partial charge in [0.05, 0.1) is 32.2 Å². The topological polar surface area (TPSA) is 81.3 Å². The number of hydrogen-bond donors (Lipinski definition) is 2. The highest BCUT2D eigenvalue weighted by molar-refractivity contribution is 5.94. The summed E-state index contributed by atoms with van der Waals surface area (Å²) in [5.74, 6) is 1.49. The third kappa shape index (κ3) is 3.01. The van der Waals surface area contributed by atoms with E-state index in [1.807, 2.05) is 36.4 Å². The number of ether oxygens (including phenoxy) is 1. The van der Waals surface area contributed by atoms with Gasteiger partial charge in [0, 0.05) is 5.56 Å². The molecule has 1 aliphatic heterocycles. The average Bonchev–Trinajstić information content (AvgIpc) is 3.31. The Morgan fingerprint density at radius 2 is 2.20 bits per heavy atom. The van der Waals surface area contributed by atoms with Crippen molar-refractivity contribution in [3.05, 3.63) is 60.2 Å². The van der Waals surface area contributed by atoms with Crippen LogP contribution in [0.25, 0.3) is 11.3 Å². The van der Waals surface area contributed by atoms with E-state index in [2.05, 4.69) is 15.7 Å². The lowest BCUT2D eigenvalue weighted by Crippen LogP contribution is -2.45. The van der Waals surface area contributed by atoms with Crippen LogP contribution >= 0.6 is 0 Å². The molecule has 25 heavy (non-hydrogen) atoms. The second-order valence-corrected chi connectivity index (χ2v) is 5.77. The molecule has 0 saturated heterocycles. The smallest absolute Gasteiger partial charge is 0.269 e. The van der Waals surface area contributed by atoms with E-state index in [1.54, 1.807) is 24.1 Å². The fourth-order valence-electron chi connectivity index (χ4n) is 2.86. The number of nitrogens with one attached hydrogen (secondary N) is 2. The van der Waals surface area contributed by atoms with Crippen LogP contribution in [0.15, 0.2) is 53.1 Å². The summed E-state index contributed by atoms with van der Waals surface area (Å²) in [6.07, 6.45) is 1.51. The Labute approximate surface area is 144 Å². The van der Waals surface area contributed by atoms with Crippen LogP contribution in [0.1, 0.15) is 22.4 Å². The summed E-state index contributed by atoms with van der Waals surface area (Å²) in [6, 6.07) is 13.2. The number of hydrogen-bond acceptors (Lipinski definition) is 5. The number of aromatic nitrogens is 2. The summed E-state index contributed by atoms with van der Waals surface area (Å²) < 4.78 is 12.3. The molecular weight excluding hydrogens is 320 g/mol. The molecule has 0 radical (unpaired) electrons. The molecule has 2 N–H and O–H groups in total. The number of methoxy groups -OCH3 is 1. The van der Waals surface area contributed by atoms with E-state index < -0.39 is 0 Å². The molecule has 1 aromatic carbocycles. The highest BCUT2D eigenvalue weighted by atomic mass is 16.5. The number of carbonyl (C=O) groups is 1. The van der Waals surface area contributed by atoms with E-state index in [0.717, 1.165) is 22.8 Å². The maximum atomic E-state index is 12.2.